The number of ether oxygens (including phenoxy) is 3. The Hall–Kier alpha value is -3.03. The van der Waals surface area contributed by atoms with Crippen LogP contribution in [0.5, 0.6) is 17.2 Å². The van der Waals surface area contributed by atoms with Crippen molar-refractivity contribution in [3.05, 3.63) is 68.3 Å². The predicted octanol–water partition coefficient (Wildman–Crippen LogP) is 5.65. The van der Waals surface area contributed by atoms with Gasteiger partial charge in [-0.05, 0) is 55.5 Å². The van der Waals surface area contributed by atoms with Crippen LogP contribution in [-0.2, 0) is 12.8 Å². The molecule has 1 aliphatic carbocycles. The number of hydrogen-bond acceptors (Lipinski definition) is 6. The van der Waals surface area contributed by atoms with E-state index >= 15 is 0 Å². The number of aromatic nitrogens is 2. The van der Waals surface area contributed by atoms with Crippen molar-refractivity contribution in [1.82, 2.24) is 9.97 Å². The standard InChI is InChI=1S/C25H23ClN2O4S/c1-30-19-14-15(13-18(26)22(19)32-12-11-31-16-7-3-2-4-8-16)23-27-24(29)21-17-9-5-6-10-20(17)33-25(21)28-23/h2-4,7-8,13-14H,5-6,9-12H2,1H3,(H,27,28,29). The highest BCUT2D eigenvalue weighted by Crippen LogP contribution is 2.40. The van der Waals surface area contributed by atoms with E-state index in [4.69, 9.17) is 30.8 Å². The van der Waals surface area contributed by atoms with Crippen molar-refractivity contribution in [2.75, 3.05) is 20.3 Å². The summed E-state index contributed by atoms with van der Waals surface area (Å²) in [7, 11) is 1.55. The molecule has 5 rings (SSSR count). The highest BCUT2D eigenvalue weighted by atomic mass is 35.5. The Bertz CT molecular complexity index is 1350. The fourth-order valence-electron chi connectivity index (χ4n) is 4.12. The summed E-state index contributed by atoms with van der Waals surface area (Å²) in [5, 5.41) is 1.10. The average Bonchev–Trinajstić information content (AvgIpc) is 3.22. The lowest BCUT2D eigenvalue weighted by Crippen LogP contribution is -2.11. The lowest BCUT2D eigenvalue weighted by molar-refractivity contribution is 0.211. The van der Waals surface area contributed by atoms with Gasteiger partial charge in [0, 0.05) is 10.4 Å². The summed E-state index contributed by atoms with van der Waals surface area (Å²) in [4.78, 5) is 22.7. The Morgan fingerprint density at radius 1 is 1.09 bits per heavy atom. The van der Waals surface area contributed by atoms with Crippen molar-refractivity contribution in [3.63, 3.8) is 0 Å². The summed E-state index contributed by atoms with van der Waals surface area (Å²) >= 11 is 8.15. The molecule has 1 aliphatic rings. The summed E-state index contributed by atoms with van der Waals surface area (Å²) in [6.45, 7) is 0.659. The van der Waals surface area contributed by atoms with Crippen molar-refractivity contribution in [2.45, 2.75) is 25.7 Å². The normalized spacial score (nSPS) is 13.0. The fraction of sp³-hybridized carbons (Fsp3) is 0.280. The molecule has 4 aromatic rings. The van der Waals surface area contributed by atoms with Crippen molar-refractivity contribution < 1.29 is 14.2 Å². The molecule has 0 radical (unpaired) electrons. The van der Waals surface area contributed by atoms with E-state index in [-0.39, 0.29) is 5.56 Å². The van der Waals surface area contributed by atoms with Crippen LogP contribution in [0.15, 0.2) is 47.3 Å². The van der Waals surface area contributed by atoms with Crippen molar-refractivity contribution in [1.29, 1.82) is 0 Å². The summed E-state index contributed by atoms with van der Waals surface area (Å²) in [6.07, 6.45) is 4.24. The highest BCUT2D eigenvalue weighted by Gasteiger charge is 2.21. The van der Waals surface area contributed by atoms with Crippen LogP contribution >= 0.6 is 22.9 Å². The van der Waals surface area contributed by atoms with Gasteiger partial charge in [-0.25, -0.2) is 4.98 Å². The van der Waals surface area contributed by atoms with Crippen LogP contribution in [0.1, 0.15) is 23.3 Å². The number of thiophene rings is 1. The molecule has 0 saturated carbocycles. The topological polar surface area (TPSA) is 73.4 Å². The van der Waals surface area contributed by atoms with Crippen LogP contribution in [0.25, 0.3) is 21.6 Å². The van der Waals surface area contributed by atoms with Gasteiger partial charge >= 0.3 is 0 Å². The van der Waals surface area contributed by atoms with Crippen LogP contribution in [0.2, 0.25) is 5.02 Å². The quantitative estimate of drug-likeness (QED) is 0.344. The van der Waals surface area contributed by atoms with Gasteiger partial charge in [0.25, 0.3) is 5.56 Å². The third kappa shape index (κ3) is 4.43. The molecule has 1 N–H and O–H groups in total. The van der Waals surface area contributed by atoms with E-state index in [0.29, 0.717) is 41.1 Å². The molecule has 0 fully saturated rings. The maximum Gasteiger partial charge on any atom is 0.260 e. The minimum atomic E-state index is -0.108. The summed E-state index contributed by atoms with van der Waals surface area (Å²) in [5.41, 5.74) is 1.72. The first-order chi connectivity index (χ1) is 16.1. The van der Waals surface area contributed by atoms with Crippen LogP contribution in [0, 0.1) is 0 Å². The molecule has 0 bridgehead atoms. The zero-order valence-electron chi connectivity index (χ0n) is 18.2. The SMILES string of the molecule is COc1cc(-c2nc3sc4c(c3c(=O)[nH]2)CCCC4)cc(Cl)c1OCCOc1ccccc1. The molecule has 0 spiro atoms. The molecule has 170 valence electrons. The number of aryl methyl sites for hydroxylation is 2. The molecular formula is C25H23ClN2O4S. The second-order valence-corrected chi connectivity index (χ2v) is 9.30. The zero-order valence-corrected chi connectivity index (χ0v) is 19.7. The molecule has 2 aromatic heterocycles. The van der Waals surface area contributed by atoms with E-state index in [9.17, 15) is 4.79 Å². The number of H-pyrrole nitrogens is 1. The maximum absolute atomic E-state index is 12.9. The van der Waals surface area contributed by atoms with E-state index in [2.05, 4.69) is 4.98 Å². The lowest BCUT2D eigenvalue weighted by atomic mass is 9.97. The van der Waals surface area contributed by atoms with Gasteiger partial charge < -0.3 is 19.2 Å². The second kappa shape index (κ2) is 9.45. The largest absolute Gasteiger partial charge is 0.493 e. The van der Waals surface area contributed by atoms with Crippen molar-refractivity contribution in [3.8, 4) is 28.6 Å². The number of para-hydroxylation sites is 1. The molecule has 0 atom stereocenters. The number of nitrogens with zero attached hydrogens (tertiary/aromatic N) is 1. The first-order valence-corrected chi connectivity index (χ1v) is 12.1. The van der Waals surface area contributed by atoms with E-state index in [1.165, 1.54) is 10.4 Å². The number of rotatable bonds is 7. The Morgan fingerprint density at radius 3 is 2.70 bits per heavy atom. The minimum Gasteiger partial charge on any atom is -0.493 e. The first-order valence-electron chi connectivity index (χ1n) is 10.9. The van der Waals surface area contributed by atoms with Gasteiger partial charge in [-0.2, -0.15) is 0 Å². The minimum absolute atomic E-state index is 0.108. The molecule has 6 nitrogen and oxygen atoms in total. The first kappa shape index (κ1) is 21.8. The molecule has 0 aliphatic heterocycles. The van der Waals surface area contributed by atoms with E-state index in [0.717, 1.165) is 41.6 Å². The van der Waals surface area contributed by atoms with Gasteiger partial charge in [-0.1, -0.05) is 29.8 Å². The Balaban J connectivity index is 1.39. The molecule has 0 saturated heterocycles. The maximum atomic E-state index is 12.9. The Labute approximate surface area is 200 Å². The Morgan fingerprint density at radius 2 is 1.88 bits per heavy atom. The van der Waals surface area contributed by atoms with Crippen molar-refractivity contribution >= 4 is 33.2 Å². The third-order valence-electron chi connectivity index (χ3n) is 5.67. The predicted molar refractivity (Wildman–Crippen MR) is 131 cm³/mol. The molecule has 33 heavy (non-hydrogen) atoms. The number of hydrogen-bond donors (Lipinski definition) is 1. The molecular weight excluding hydrogens is 460 g/mol. The van der Waals surface area contributed by atoms with Gasteiger partial charge in [0.05, 0.1) is 17.5 Å². The number of nitrogens with one attached hydrogen (secondary N) is 1. The number of aromatic amines is 1. The van der Waals surface area contributed by atoms with Crippen LogP contribution in [0.3, 0.4) is 0 Å². The number of benzene rings is 2. The van der Waals surface area contributed by atoms with E-state index in [1.807, 2.05) is 30.3 Å². The van der Waals surface area contributed by atoms with Crippen LogP contribution in [0.4, 0.5) is 0 Å². The summed E-state index contributed by atoms with van der Waals surface area (Å²) in [5.74, 6) is 2.13. The monoisotopic (exact) mass is 482 g/mol. The molecule has 2 aromatic carbocycles. The Kier molecular flexibility index (Phi) is 6.24. The second-order valence-electron chi connectivity index (χ2n) is 7.81. The highest BCUT2D eigenvalue weighted by molar-refractivity contribution is 7.18. The summed E-state index contributed by atoms with van der Waals surface area (Å²) < 4.78 is 17.0. The van der Waals surface area contributed by atoms with Gasteiger partial charge in [0.15, 0.2) is 11.5 Å². The van der Waals surface area contributed by atoms with Gasteiger partial charge in [-0.3, -0.25) is 4.79 Å². The smallest absolute Gasteiger partial charge is 0.260 e. The van der Waals surface area contributed by atoms with Crippen LogP contribution < -0.4 is 19.8 Å². The molecule has 8 heteroatoms. The summed E-state index contributed by atoms with van der Waals surface area (Å²) in [6, 6.07) is 13.0. The van der Waals surface area contributed by atoms with E-state index < -0.39 is 0 Å². The number of methoxy groups -OCH3 is 1. The van der Waals surface area contributed by atoms with Crippen molar-refractivity contribution in [2.24, 2.45) is 0 Å². The van der Waals surface area contributed by atoms with Gasteiger partial charge in [0.2, 0.25) is 0 Å². The average molecular weight is 483 g/mol. The van der Waals surface area contributed by atoms with Gasteiger partial charge in [-0.15, -0.1) is 11.3 Å². The molecule has 0 unspecified atom stereocenters. The van der Waals surface area contributed by atoms with Gasteiger partial charge in [0.1, 0.15) is 29.6 Å². The number of halogens is 1. The third-order valence-corrected chi connectivity index (χ3v) is 7.14. The fourth-order valence-corrected chi connectivity index (χ4v) is 5.64. The van der Waals surface area contributed by atoms with E-state index in [1.54, 1.807) is 30.6 Å². The van der Waals surface area contributed by atoms with Crippen LogP contribution in [-0.4, -0.2) is 30.3 Å². The number of fused-ring (bicyclic) bond motifs is 3. The zero-order chi connectivity index (χ0) is 22.8. The lowest BCUT2D eigenvalue weighted by Gasteiger charge is -2.14. The molecule has 0 amide bonds. The molecule has 2 heterocycles.